The largest absolute Gasteiger partial charge is 0.481 e. The van der Waals surface area contributed by atoms with Crippen LogP contribution in [-0.4, -0.2) is 40.0 Å². The van der Waals surface area contributed by atoms with Crippen LogP contribution in [0.15, 0.2) is 18.5 Å². The summed E-state index contributed by atoms with van der Waals surface area (Å²) in [6.45, 7) is 0.799. The second-order valence-corrected chi connectivity index (χ2v) is 4.69. The van der Waals surface area contributed by atoms with Crippen molar-refractivity contribution in [1.82, 2.24) is 9.88 Å². The number of nitrogens with zero attached hydrogens (tertiary/aromatic N) is 2. The Morgan fingerprint density at radius 2 is 2.28 bits per heavy atom. The van der Waals surface area contributed by atoms with Crippen molar-refractivity contribution in [2.75, 3.05) is 13.1 Å². The van der Waals surface area contributed by atoms with E-state index >= 15 is 0 Å². The number of carbonyl (C=O) groups excluding carboxylic acids is 1. The summed E-state index contributed by atoms with van der Waals surface area (Å²) in [5.74, 6) is -1.60. The molecular weight excluding hydrogens is 256 g/mol. The molecule has 1 N–H and O–H groups in total. The number of carboxylic acid groups (broad SMARTS) is 1. The maximum Gasteiger partial charge on any atom is 0.308 e. The predicted octanol–water partition coefficient (Wildman–Crippen LogP) is 1.67. The third-order valence-corrected chi connectivity index (χ3v) is 3.39. The van der Waals surface area contributed by atoms with Crippen LogP contribution in [0.5, 0.6) is 0 Å². The molecule has 1 atom stereocenters. The van der Waals surface area contributed by atoms with Crippen molar-refractivity contribution in [2.45, 2.75) is 12.8 Å². The van der Waals surface area contributed by atoms with E-state index in [4.69, 9.17) is 16.7 Å². The monoisotopic (exact) mass is 268 g/mol. The van der Waals surface area contributed by atoms with Crippen LogP contribution in [-0.2, 0) is 4.79 Å². The van der Waals surface area contributed by atoms with Crippen molar-refractivity contribution >= 4 is 23.5 Å². The molecule has 5 nitrogen and oxygen atoms in total. The number of aromatic nitrogens is 1. The highest BCUT2D eigenvalue weighted by Gasteiger charge is 2.29. The van der Waals surface area contributed by atoms with Gasteiger partial charge in [-0.1, -0.05) is 11.6 Å². The van der Waals surface area contributed by atoms with Crippen LogP contribution >= 0.6 is 11.6 Å². The maximum absolute atomic E-state index is 12.2. The summed E-state index contributed by atoms with van der Waals surface area (Å²) in [7, 11) is 0. The van der Waals surface area contributed by atoms with Gasteiger partial charge in [0.05, 0.1) is 16.5 Å². The van der Waals surface area contributed by atoms with Gasteiger partial charge in [-0.3, -0.25) is 14.6 Å². The number of hydrogen-bond acceptors (Lipinski definition) is 3. The lowest BCUT2D eigenvalue weighted by Crippen LogP contribution is -2.42. The molecule has 2 heterocycles. The number of carboxylic acids is 1. The molecule has 1 fully saturated rings. The molecule has 96 valence electrons. The topological polar surface area (TPSA) is 70.5 Å². The first kappa shape index (κ1) is 12.8. The summed E-state index contributed by atoms with van der Waals surface area (Å²) in [6.07, 6.45) is 4.23. The number of piperidine rings is 1. The molecule has 2 rings (SSSR count). The van der Waals surface area contributed by atoms with Crippen molar-refractivity contribution in [3.63, 3.8) is 0 Å². The van der Waals surface area contributed by atoms with Crippen LogP contribution in [0.1, 0.15) is 23.2 Å². The fraction of sp³-hybridized carbons (Fsp3) is 0.417. The second kappa shape index (κ2) is 5.35. The van der Waals surface area contributed by atoms with Gasteiger partial charge in [0, 0.05) is 25.5 Å². The summed E-state index contributed by atoms with van der Waals surface area (Å²) >= 11 is 5.93. The van der Waals surface area contributed by atoms with E-state index in [-0.39, 0.29) is 12.5 Å². The quantitative estimate of drug-likeness (QED) is 0.886. The van der Waals surface area contributed by atoms with E-state index in [2.05, 4.69) is 4.98 Å². The summed E-state index contributed by atoms with van der Waals surface area (Å²) < 4.78 is 0. The molecule has 0 spiro atoms. The Kier molecular flexibility index (Phi) is 3.81. The van der Waals surface area contributed by atoms with E-state index in [9.17, 15) is 9.59 Å². The van der Waals surface area contributed by atoms with Crippen LogP contribution in [0, 0.1) is 5.92 Å². The van der Waals surface area contributed by atoms with Crippen molar-refractivity contribution in [3.05, 3.63) is 29.0 Å². The molecule has 0 unspecified atom stereocenters. The lowest BCUT2D eigenvalue weighted by Gasteiger charge is -2.30. The number of halogens is 1. The van der Waals surface area contributed by atoms with E-state index in [1.54, 1.807) is 6.07 Å². The van der Waals surface area contributed by atoms with Gasteiger partial charge in [-0.05, 0) is 18.9 Å². The van der Waals surface area contributed by atoms with Crippen molar-refractivity contribution < 1.29 is 14.7 Å². The number of rotatable bonds is 2. The van der Waals surface area contributed by atoms with E-state index in [1.807, 2.05) is 0 Å². The van der Waals surface area contributed by atoms with Crippen LogP contribution in [0.2, 0.25) is 5.02 Å². The van der Waals surface area contributed by atoms with E-state index < -0.39 is 11.9 Å². The van der Waals surface area contributed by atoms with Crippen LogP contribution in [0.3, 0.4) is 0 Å². The number of pyridine rings is 1. The van der Waals surface area contributed by atoms with Gasteiger partial charge in [0.2, 0.25) is 0 Å². The molecule has 1 aliphatic heterocycles. The Hall–Kier alpha value is -1.62. The van der Waals surface area contributed by atoms with Crippen molar-refractivity contribution in [2.24, 2.45) is 5.92 Å². The predicted molar refractivity (Wildman–Crippen MR) is 65.5 cm³/mol. The molecule has 1 aliphatic rings. The maximum atomic E-state index is 12.2. The minimum atomic E-state index is -0.857. The molecule has 0 radical (unpaired) electrons. The Labute approximate surface area is 109 Å². The fourth-order valence-electron chi connectivity index (χ4n) is 2.07. The van der Waals surface area contributed by atoms with Gasteiger partial charge >= 0.3 is 5.97 Å². The Bertz CT molecular complexity index is 478. The summed E-state index contributed by atoms with van der Waals surface area (Å²) in [4.78, 5) is 28.5. The first-order valence-electron chi connectivity index (χ1n) is 5.71. The molecule has 0 aromatic carbocycles. The fourth-order valence-corrected chi connectivity index (χ4v) is 2.25. The molecule has 0 bridgehead atoms. The molecule has 1 aromatic rings. The van der Waals surface area contributed by atoms with Crippen LogP contribution in [0.4, 0.5) is 0 Å². The normalized spacial score (nSPS) is 19.6. The zero-order valence-electron chi connectivity index (χ0n) is 9.67. The second-order valence-electron chi connectivity index (χ2n) is 4.28. The van der Waals surface area contributed by atoms with Gasteiger partial charge in [-0.15, -0.1) is 0 Å². The number of likely N-dealkylation sites (tertiary alicyclic amines) is 1. The molecule has 1 aromatic heterocycles. The zero-order valence-corrected chi connectivity index (χ0v) is 10.4. The summed E-state index contributed by atoms with van der Waals surface area (Å²) in [6, 6.07) is 1.55. The highest BCUT2D eigenvalue weighted by atomic mass is 35.5. The van der Waals surface area contributed by atoms with Crippen LogP contribution < -0.4 is 0 Å². The molecule has 0 aliphatic carbocycles. The van der Waals surface area contributed by atoms with Gasteiger partial charge in [0.1, 0.15) is 0 Å². The van der Waals surface area contributed by atoms with Crippen molar-refractivity contribution in [3.8, 4) is 0 Å². The smallest absolute Gasteiger partial charge is 0.308 e. The van der Waals surface area contributed by atoms with Crippen LogP contribution in [0.25, 0.3) is 0 Å². The Balaban J connectivity index is 2.14. The number of aliphatic carboxylic acids is 1. The van der Waals surface area contributed by atoms with E-state index in [1.165, 1.54) is 17.3 Å². The molecule has 0 saturated carbocycles. The van der Waals surface area contributed by atoms with Gasteiger partial charge in [-0.2, -0.15) is 0 Å². The molecule has 1 amide bonds. The SMILES string of the molecule is O=C(O)[C@@H]1CCCN(C(=O)c2cnccc2Cl)C1. The van der Waals surface area contributed by atoms with Crippen molar-refractivity contribution in [1.29, 1.82) is 0 Å². The van der Waals surface area contributed by atoms with Gasteiger partial charge in [-0.25, -0.2) is 0 Å². The lowest BCUT2D eigenvalue weighted by molar-refractivity contribution is -0.143. The minimum absolute atomic E-state index is 0.236. The van der Waals surface area contributed by atoms with E-state index in [0.717, 1.165) is 0 Å². The zero-order chi connectivity index (χ0) is 13.1. The van der Waals surface area contributed by atoms with Gasteiger partial charge in [0.15, 0.2) is 0 Å². The molecule has 6 heteroatoms. The minimum Gasteiger partial charge on any atom is -0.481 e. The van der Waals surface area contributed by atoms with Gasteiger partial charge < -0.3 is 10.0 Å². The molecule has 1 saturated heterocycles. The molecular formula is C12H13ClN2O3. The number of amides is 1. The highest BCUT2D eigenvalue weighted by molar-refractivity contribution is 6.33. The Morgan fingerprint density at radius 1 is 1.50 bits per heavy atom. The Morgan fingerprint density at radius 3 is 2.94 bits per heavy atom. The average Bonchev–Trinajstić information content (AvgIpc) is 2.38. The standard InChI is InChI=1S/C12H13ClN2O3/c13-10-3-4-14-6-9(10)11(16)15-5-1-2-8(7-15)12(17)18/h3-4,6,8H,1-2,5,7H2,(H,17,18)/t8-/m1/s1. The highest BCUT2D eigenvalue weighted by Crippen LogP contribution is 2.21. The lowest BCUT2D eigenvalue weighted by atomic mass is 9.98. The van der Waals surface area contributed by atoms with E-state index in [0.29, 0.717) is 30.0 Å². The third kappa shape index (κ3) is 2.61. The average molecular weight is 269 g/mol. The first-order chi connectivity index (χ1) is 8.59. The first-order valence-corrected chi connectivity index (χ1v) is 6.09. The number of hydrogen-bond donors (Lipinski definition) is 1. The third-order valence-electron chi connectivity index (χ3n) is 3.06. The number of carbonyl (C=O) groups is 2. The summed E-state index contributed by atoms with van der Waals surface area (Å²) in [5, 5.41) is 9.33. The molecule has 18 heavy (non-hydrogen) atoms. The summed E-state index contributed by atoms with van der Waals surface area (Å²) in [5.41, 5.74) is 0.324. The van der Waals surface area contributed by atoms with Gasteiger partial charge in [0.25, 0.3) is 5.91 Å².